The van der Waals surface area contributed by atoms with Crippen molar-refractivity contribution in [2.45, 2.75) is 105 Å². The fourth-order valence-corrected chi connectivity index (χ4v) is 10.8. The summed E-state index contributed by atoms with van der Waals surface area (Å²) in [7, 11) is 0. The van der Waals surface area contributed by atoms with E-state index >= 15 is 0 Å². The van der Waals surface area contributed by atoms with Gasteiger partial charge in [0.15, 0.2) is 0 Å². The molecule has 7 aromatic carbocycles. The Kier molecular flexibility index (Phi) is 13.3. The molecular formula is C66H64N3OPtS-. The summed E-state index contributed by atoms with van der Waals surface area (Å²) in [6.07, 6.45) is 2.04. The Morgan fingerprint density at radius 2 is 1.11 bits per heavy atom. The van der Waals surface area contributed by atoms with Crippen LogP contribution in [0.15, 0.2) is 164 Å². The van der Waals surface area contributed by atoms with Crippen LogP contribution in [0.2, 0.25) is 0 Å². The maximum absolute atomic E-state index is 12.5. The zero-order chi connectivity index (χ0) is 50.2. The first-order chi connectivity index (χ1) is 33.6. The van der Waals surface area contributed by atoms with Crippen molar-refractivity contribution < 1.29 is 26.2 Å². The topological polar surface area (TPSA) is 50.9 Å². The number of rotatable bonds is 7. The number of aromatic nitrogens is 3. The van der Waals surface area contributed by atoms with E-state index in [9.17, 15) is 5.11 Å². The minimum Gasteiger partial charge on any atom is -0.507 e. The molecule has 6 heteroatoms. The molecule has 0 amide bonds. The molecule has 0 spiro atoms. The van der Waals surface area contributed by atoms with Gasteiger partial charge in [-0.2, -0.15) is 0 Å². The first-order valence-electron chi connectivity index (χ1n) is 24.9. The van der Waals surface area contributed by atoms with Crippen molar-refractivity contribution in [1.82, 2.24) is 14.5 Å². The third kappa shape index (κ3) is 9.67. The van der Waals surface area contributed by atoms with Gasteiger partial charge in [0.2, 0.25) is 0 Å². The second-order valence-electron chi connectivity index (χ2n) is 23.3. The number of hydrogen-bond donors (Lipinski definition) is 1. The molecule has 72 heavy (non-hydrogen) atoms. The van der Waals surface area contributed by atoms with Gasteiger partial charge in [0, 0.05) is 49.0 Å². The van der Waals surface area contributed by atoms with Crippen LogP contribution in [0.3, 0.4) is 0 Å². The Labute approximate surface area is 445 Å². The van der Waals surface area contributed by atoms with Crippen LogP contribution in [0, 0.1) is 6.07 Å². The maximum Gasteiger partial charge on any atom is 0.148 e. The first-order valence-corrected chi connectivity index (χ1v) is 25.7. The van der Waals surface area contributed by atoms with E-state index in [1.807, 2.05) is 6.20 Å². The Balaban J connectivity index is 0.00000640. The monoisotopic (exact) mass is 1140 g/mol. The van der Waals surface area contributed by atoms with E-state index < -0.39 is 0 Å². The molecule has 3 heterocycles. The van der Waals surface area contributed by atoms with E-state index in [2.05, 4.69) is 251 Å². The van der Waals surface area contributed by atoms with Crippen molar-refractivity contribution in [1.29, 1.82) is 0 Å². The molecule has 0 aliphatic carbocycles. The fourth-order valence-electron chi connectivity index (χ4n) is 9.78. The molecule has 0 fully saturated rings. The molecule has 366 valence electrons. The summed E-state index contributed by atoms with van der Waals surface area (Å²) in [5, 5.41) is 13.7. The second-order valence-corrected chi connectivity index (χ2v) is 24.4. The van der Waals surface area contributed by atoms with Crippen LogP contribution in [0.5, 0.6) is 5.75 Å². The third-order valence-electron chi connectivity index (χ3n) is 13.8. The zero-order valence-electron chi connectivity index (χ0n) is 43.6. The number of para-hydroxylation sites is 2. The smallest absolute Gasteiger partial charge is 0.148 e. The van der Waals surface area contributed by atoms with Crippen molar-refractivity contribution in [2.75, 3.05) is 0 Å². The minimum absolute atomic E-state index is 0. The van der Waals surface area contributed by atoms with Crippen LogP contribution in [-0.4, -0.2) is 19.6 Å². The Morgan fingerprint density at radius 3 is 1.78 bits per heavy atom. The number of thiophene rings is 1. The standard InChI is InChI=1S/C66H64N3OS.Pt/c1-63(2,3)47-33-44(32-45(34-47)55-36-46-37-58(71-59(46)40-67-55)51-31-30-43(35-53(51)65(7,8)9)41-22-15-13-16-23-41)50-27-21-29-57-60(50)68-62(52-38-48(64(4,5)6)39-54(61(52)70)66(10,11)12)69(57)56-28-20-19-26-49(56)42-24-17-14-18-25-42;/h13-31,33-40,70H,1-12H3;/q-1;. The SMILES string of the molecule is CC(C)(C)c1cc(-c2cc3cc(-c4ccc(-c5ccccc5)cc4C(C)(C)C)sc3cn2)[c-]c(-c2cccc3c2nc(-c2cc(C(C)(C)C)cc(C(C)(C)C)c2O)n3-c2ccccc2-c2ccccc2)c1.[Pt]. The molecule has 0 atom stereocenters. The summed E-state index contributed by atoms with van der Waals surface area (Å²) >= 11 is 1.80. The van der Waals surface area contributed by atoms with Crippen LogP contribution < -0.4 is 0 Å². The third-order valence-corrected chi connectivity index (χ3v) is 15.0. The number of hydrogen-bond acceptors (Lipinski definition) is 4. The number of fused-ring (bicyclic) bond motifs is 2. The number of pyridine rings is 1. The van der Waals surface area contributed by atoms with Crippen LogP contribution in [0.1, 0.15) is 105 Å². The quantitative estimate of drug-likeness (QED) is 0.162. The average molecular weight is 1140 g/mol. The van der Waals surface area contributed by atoms with Crippen molar-refractivity contribution in [3.8, 4) is 77.9 Å². The van der Waals surface area contributed by atoms with E-state index in [0.717, 1.165) is 71.4 Å². The predicted octanol–water partition coefficient (Wildman–Crippen LogP) is 18.3. The van der Waals surface area contributed by atoms with E-state index in [0.29, 0.717) is 11.4 Å². The van der Waals surface area contributed by atoms with Gasteiger partial charge in [-0.1, -0.05) is 209 Å². The molecule has 4 nitrogen and oxygen atoms in total. The van der Waals surface area contributed by atoms with Gasteiger partial charge in [-0.05, 0) is 90.8 Å². The van der Waals surface area contributed by atoms with Crippen LogP contribution in [-0.2, 0) is 42.7 Å². The van der Waals surface area contributed by atoms with Crippen molar-refractivity contribution in [3.05, 3.63) is 192 Å². The fraction of sp³-hybridized carbons (Fsp3) is 0.242. The molecule has 0 bridgehead atoms. The number of aromatic hydroxyl groups is 1. The second kappa shape index (κ2) is 18.9. The molecule has 1 N–H and O–H groups in total. The Bertz CT molecular complexity index is 3630. The van der Waals surface area contributed by atoms with Gasteiger partial charge >= 0.3 is 0 Å². The average Bonchev–Trinajstić information content (AvgIpc) is 3.95. The molecule has 0 unspecified atom stereocenters. The van der Waals surface area contributed by atoms with Crippen LogP contribution >= 0.6 is 11.3 Å². The summed E-state index contributed by atoms with van der Waals surface area (Å²) in [6.45, 7) is 26.9. The molecule has 3 aromatic heterocycles. The minimum atomic E-state index is -0.325. The van der Waals surface area contributed by atoms with E-state index in [1.54, 1.807) is 11.3 Å². The van der Waals surface area contributed by atoms with Crippen LogP contribution in [0.25, 0.3) is 93.3 Å². The van der Waals surface area contributed by atoms with E-state index in [4.69, 9.17) is 9.97 Å². The number of imidazole rings is 1. The number of phenols is 1. The predicted molar refractivity (Wildman–Crippen MR) is 302 cm³/mol. The van der Waals surface area contributed by atoms with Gasteiger partial charge in [0.1, 0.15) is 11.6 Å². The van der Waals surface area contributed by atoms with Crippen molar-refractivity contribution >= 4 is 32.5 Å². The first kappa shape index (κ1) is 50.5. The summed E-state index contributed by atoms with van der Waals surface area (Å²) in [4.78, 5) is 12.1. The molecule has 10 rings (SSSR count). The number of phenolic OH excluding ortho intramolecular Hbond substituents is 1. The Morgan fingerprint density at radius 1 is 0.500 bits per heavy atom. The molecule has 0 radical (unpaired) electrons. The maximum atomic E-state index is 12.5. The van der Waals surface area contributed by atoms with Gasteiger partial charge in [-0.3, -0.25) is 9.55 Å². The number of nitrogens with zero attached hydrogens (tertiary/aromatic N) is 3. The molecule has 0 saturated heterocycles. The summed E-state index contributed by atoms with van der Waals surface area (Å²) in [6, 6.07) is 60.4. The zero-order valence-corrected chi connectivity index (χ0v) is 46.7. The van der Waals surface area contributed by atoms with E-state index in [-0.39, 0.29) is 48.5 Å². The van der Waals surface area contributed by atoms with Crippen molar-refractivity contribution in [2.24, 2.45) is 0 Å². The van der Waals surface area contributed by atoms with Crippen LogP contribution in [0.4, 0.5) is 0 Å². The van der Waals surface area contributed by atoms with E-state index in [1.165, 1.54) is 32.7 Å². The molecule has 0 aliphatic rings. The molecular weight excluding hydrogens is 1080 g/mol. The summed E-state index contributed by atoms with van der Waals surface area (Å²) in [5.41, 5.74) is 16.8. The summed E-state index contributed by atoms with van der Waals surface area (Å²) < 4.78 is 3.41. The normalized spacial score (nSPS) is 12.4. The Hall–Kier alpha value is -6.39. The van der Waals surface area contributed by atoms with Gasteiger partial charge in [0.25, 0.3) is 0 Å². The largest absolute Gasteiger partial charge is 0.507 e. The van der Waals surface area contributed by atoms with Gasteiger partial charge < -0.3 is 5.11 Å². The molecule has 0 saturated carbocycles. The van der Waals surface area contributed by atoms with Gasteiger partial charge in [-0.25, -0.2) is 4.98 Å². The van der Waals surface area contributed by atoms with Gasteiger partial charge in [0.05, 0.1) is 27.0 Å². The number of benzene rings is 7. The van der Waals surface area contributed by atoms with Gasteiger partial charge in [-0.15, -0.1) is 40.7 Å². The molecule has 0 aliphatic heterocycles. The molecule has 10 aromatic rings. The summed E-state index contributed by atoms with van der Waals surface area (Å²) in [5.74, 6) is 0.933. The van der Waals surface area contributed by atoms with Crippen molar-refractivity contribution in [3.63, 3.8) is 0 Å².